The number of hydrogen-bond donors (Lipinski definition) is 0. The predicted octanol–water partition coefficient (Wildman–Crippen LogP) is 4.97. The summed E-state index contributed by atoms with van der Waals surface area (Å²) >= 11 is 0. The smallest absolute Gasteiger partial charge is 0.225 e. The van der Waals surface area contributed by atoms with Crippen LogP contribution in [-0.4, -0.2) is 50.4 Å². The van der Waals surface area contributed by atoms with Gasteiger partial charge in [-0.05, 0) is 18.1 Å². The van der Waals surface area contributed by atoms with Crippen LogP contribution < -0.4 is 4.90 Å². The van der Waals surface area contributed by atoms with Crippen LogP contribution in [0.15, 0.2) is 35.7 Å². The summed E-state index contributed by atoms with van der Waals surface area (Å²) in [7, 11) is -1.98. The van der Waals surface area contributed by atoms with Gasteiger partial charge in [-0.2, -0.15) is 0 Å². The van der Waals surface area contributed by atoms with E-state index in [1.54, 1.807) is 24.5 Å². The molecule has 1 aromatic carbocycles. The lowest BCUT2D eigenvalue weighted by atomic mass is 10.1. The highest BCUT2D eigenvalue weighted by atomic mass is 28.4. The van der Waals surface area contributed by atoms with Gasteiger partial charge in [0.05, 0.1) is 25.4 Å². The molecule has 1 fully saturated rings. The Labute approximate surface area is 183 Å². The van der Waals surface area contributed by atoms with Crippen LogP contribution >= 0.6 is 0 Å². The van der Waals surface area contributed by atoms with E-state index in [-0.39, 0.29) is 24.1 Å². The molecule has 1 saturated heterocycles. The van der Waals surface area contributed by atoms with Crippen LogP contribution in [0.4, 0.5) is 14.7 Å². The van der Waals surface area contributed by atoms with Crippen molar-refractivity contribution >= 4 is 20.0 Å². The number of oxime groups is 1. The minimum atomic E-state index is -1.98. The number of nitrogens with zero attached hydrogens (tertiary/aromatic N) is 4. The molecule has 0 spiro atoms. The summed E-state index contributed by atoms with van der Waals surface area (Å²) in [6.45, 7) is 11.5. The first-order valence-electron chi connectivity index (χ1n) is 10.3. The SMILES string of the molecule is CC(C)(C)[Si](C)(C)OCc1cccc(-c2cnc(N3CC(=NOCCF)C3)nc2)c1F. The van der Waals surface area contributed by atoms with Crippen molar-refractivity contribution < 1.29 is 18.0 Å². The normalized spacial score (nSPS) is 14.4. The maximum Gasteiger partial charge on any atom is 0.225 e. The molecule has 9 heteroatoms. The van der Waals surface area contributed by atoms with Crippen LogP contribution in [0.5, 0.6) is 0 Å². The minimum absolute atomic E-state index is 0.0414. The Morgan fingerprint density at radius 1 is 1.16 bits per heavy atom. The summed E-state index contributed by atoms with van der Waals surface area (Å²) in [5, 5.41) is 3.91. The van der Waals surface area contributed by atoms with E-state index in [1.807, 2.05) is 11.0 Å². The molecular weight excluding hydrogens is 418 g/mol. The van der Waals surface area contributed by atoms with E-state index < -0.39 is 15.0 Å². The monoisotopic (exact) mass is 448 g/mol. The van der Waals surface area contributed by atoms with Crippen LogP contribution in [0.2, 0.25) is 18.1 Å². The molecule has 31 heavy (non-hydrogen) atoms. The van der Waals surface area contributed by atoms with Gasteiger partial charge in [0.15, 0.2) is 8.32 Å². The van der Waals surface area contributed by atoms with E-state index in [0.717, 1.165) is 5.71 Å². The lowest BCUT2D eigenvalue weighted by Gasteiger charge is -2.36. The average molecular weight is 449 g/mol. The van der Waals surface area contributed by atoms with E-state index in [4.69, 9.17) is 9.26 Å². The largest absolute Gasteiger partial charge is 0.412 e. The molecule has 0 N–H and O–H groups in total. The first-order valence-corrected chi connectivity index (χ1v) is 13.3. The van der Waals surface area contributed by atoms with Crippen LogP contribution in [0.25, 0.3) is 11.1 Å². The lowest BCUT2D eigenvalue weighted by molar-refractivity contribution is 0.126. The summed E-state index contributed by atoms with van der Waals surface area (Å²) in [6, 6.07) is 5.31. The standard InChI is InChI=1S/C22H30F2N4O2Si/c1-22(2,3)31(4,5)30-15-16-7-6-8-19(20(16)24)17-11-25-21(26-12-17)28-13-18(14-28)27-29-10-9-23/h6-8,11-12H,9-10,13-15H2,1-5H3. The van der Waals surface area contributed by atoms with E-state index in [0.29, 0.717) is 35.7 Å². The predicted molar refractivity (Wildman–Crippen MR) is 121 cm³/mol. The van der Waals surface area contributed by atoms with E-state index in [9.17, 15) is 4.39 Å². The highest BCUT2D eigenvalue weighted by molar-refractivity contribution is 6.74. The third-order valence-electron chi connectivity index (χ3n) is 5.81. The molecule has 1 aromatic heterocycles. The van der Waals surface area contributed by atoms with Gasteiger partial charge in [0.2, 0.25) is 5.95 Å². The molecule has 0 atom stereocenters. The van der Waals surface area contributed by atoms with Crippen molar-refractivity contribution in [1.29, 1.82) is 0 Å². The number of benzene rings is 1. The Balaban J connectivity index is 1.67. The molecule has 0 amide bonds. The molecule has 168 valence electrons. The van der Waals surface area contributed by atoms with Gasteiger partial charge in [-0.25, -0.2) is 18.7 Å². The molecule has 0 unspecified atom stereocenters. The second-order valence-corrected chi connectivity index (χ2v) is 13.9. The first-order chi connectivity index (χ1) is 14.6. The van der Waals surface area contributed by atoms with Crippen molar-refractivity contribution in [2.45, 2.75) is 45.5 Å². The Bertz CT molecular complexity index is 922. The minimum Gasteiger partial charge on any atom is -0.412 e. The molecule has 0 aliphatic carbocycles. The van der Waals surface area contributed by atoms with Crippen LogP contribution in [0, 0.1) is 5.82 Å². The van der Waals surface area contributed by atoms with Gasteiger partial charge in [0.1, 0.15) is 19.1 Å². The van der Waals surface area contributed by atoms with Gasteiger partial charge >= 0.3 is 0 Å². The number of alkyl halides is 1. The molecule has 0 bridgehead atoms. The Kier molecular flexibility index (Phi) is 7.05. The summed E-state index contributed by atoms with van der Waals surface area (Å²) in [6.07, 6.45) is 3.24. The molecule has 1 aliphatic rings. The second-order valence-electron chi connectivity index (χ2n) is 9.14. The van der Waals surface area contributed by atoms with E-state index in [2.05, 4.69) is 49.0 Å². The molecule has 1 aliphatic heterocycles. The lowest BCUT2D eigenvalue weighted by Crippen LogP contribution is -2.48. The van der Waals surface area contributed by atoms with E-state index >= 15 is 4.39 Å². The zero-order valence-corrected chi connectivity index (χ0v) is 19.8. The number of aromatic nitrogens is 2. The van der Waals surface area contributed by atoms with Crippen LogP contribution in [-0.2, 0) is 15.9 Å². The Morgan fingerprint density at radius 3 is 2.45 bits per heavy atom. The topological polar surface area (TPSA) is 59.8 Å². The van der Waals surface area contributed by atoms with Crippen molar-refractivity contribution in [3.05, 3.63) is 42.0 Å². The fourth-order valence-corrected chi connectivity index (χ4v) is 3.73. The number of anilines is 1. The highest BCUT2D eigenvalue weighted by Crippen LogP contribution is 2.37. The molecular formula is C22H30F2N4O2Si. The van der Waals surface area contributed by atoms with Crippen molar-refractivity contribution in [1.82, 2.24) is 9.97 Å². The molecule has 3 rings (SSSR count). The number of halogens is 2. The number of hydrogen-bond acceptors (Lipinski definition) is 6. The maximum atomic E-state index is 15.2. The Morgan fingerprint density at radius 2 is 1.84 bits per heavy atom. The first kappa shape index (κ1) is 23.3. The van der Waals surface area contributed by atoms with Crippen molar-refractivity contribution in [3.63, 3.8) is 0 Å². The zero-order valence-electron chi connectivity index (χ0n) is 18.8. The summed E-state index contributed by atoms with van der Waals surface area (Å²) in [5.74, 6) is 0.229. The third-order valence-corrected chi connectivity index (χ3v) is 10.3. The summed E-state index contributed by atoms with van der Waals surface area (Å²) in [5.41, 5.74) is 2.40. The fourth-order valence-electron chi connectivity index (χ4n) is 2.78. The molecule has 2 aromatic rings. The number of rotatable bonds is 8. The fraction of sp³-hybridized carbons (Fsp3) is 0.500. The van der Waals surface area contributed by atoms with Crippen LogP contribution in [0.1, 0.15) is 26.3 Å². The third kappa shape index (κ3) is 5.45. The van der Waals surface area contributed by atoms with Crippen molar-refractivity contribution in [3.8, 4) is 11.1 Å². The summed E-state index contributed by atoms with van der Waals surface area (Å²) in [4.78, 5) is 15.5. The van der Waals surface area contributed by atoms with Gasteiger partial charge in [0.25, 0.3) is 0 Å². The highest BCUT2D eigenvalue weighted by Gasteiger charge is 2.37. The van der Waals surface area contributed by atoms with Gasteiger partial charge in [-0.15, -0.1) is 0 Å². The Hall–Kier alpha value is -2.39. The van der Waals surface area contributed by atoms with Gasteiger partial charge in [-0.1, -0.05) is 44.1 Å². The summed E-state index contributed by atoms with van der Waals surface area (Å²) < 4.78 is 33.4. The van der Waals surface area contributed by atoms with Crippen molar-refractivity contribution in [2.75, 3.05) is 31.3 Å². The van der Waals surface area contributed by atoms with Gasteiger partial charge < -0.3 is 14.2 Å². The quantitative estimate of drug-likeness (QED) is 0.324. The molecule has 0 saturated carbocycles. The van der Waals surface area contributed by atoms with Crippen LogP contribution in [0.3, 0.4) is 0 Å². The molecule has 6 nitrogen and oxygen atoms in total. The molecule has 2 heterocycles. The maximum absolute atomic E-state index is 15.2. The molecule has 0 radical (unpaired) electrons. The van der Waals surface area contributed by atoms with Crippen molar-refractivity contribution in [2.24, 2.45) is 5.16 Å². The zero-order chi connectivity index (χ0) is 22.6. The second kappa shape index (κ2) is 9.40. The average Bonchev–Trinajstić information content (AvgIpc) is 2.68. The van der Waals surface area contributed by atoms with Gasteiger partial charge in [0, 0.05) is 29.1 Å². The van der Waals surface area contributed by atoms with E-state index in [1.165, 1.54) is 0 Å². The van der Waals surface area contributed by atoms with Gasteiger partial charge in [-0.3, -0.25) is 0 Å².